The summed E-state index contributed by atoms with van der Waals surface area (Å²) in [4.78, 5) is 4.21. The van der Waals surface area contributed by atoms with Crippen LogP contribution in [0.1, 0.15) is 13.3 Å². The lowest BCUT2D eigenvalue weighted by molar-refractivity contribution is 0.747. The average molecular weight is 205 g/mol. The first kappa shape index (κ1) is 11.1. The number of nitrogens with zero attached hydrogens (tertiary/aromatic N) is 1. The van der Waals surface area contributed by atoms with Crippen molar-refractivity contribution in [3.63, 3.8) is 0 Å². The summed E-state index contributed by atoms with van der Waals surface area (Å²) < 4.78 is 0. The molecule has 2 heteroatoms. The molecule has 14 heavy (non-hydrogen) atoms. The highest BCUT2D eigenvalue weighted by Crippen LogP contribution is 2.17. The molecule has 0 bridgehead atoms. The largest absolute Gasteiger partial charge is 0.250 e. The fourth-order valence-electron chi connectivity index (χ4n) is 1.00. The minimum atomic E-state index is 0.559. The van der Waals surface area contributed by atoms with Crippen LogP contribution < -0.4 is 0 Å². The number of pyridine rings is 1. The van der Waals surface area contributed by atoms with E-state index in [4.69, 9.17) is 0 Å². The van der Waals surface area contributed by atoms with Crippen LogP contribution >= 0.6 is 11.8 Å². The van der Waals surface area contributed by atoms with Crippen molar-refractivity contribution >= 4 is 11.8 Å². The van der Waals surface area contributed by atoms with Gasteiger partial charge in [0.2, 0.25) is 0 Å². The van der Waals surface area contributed by atoms with Crippen molar-refractivity contribution in [2.24, 2.45) is 5.92 Å². The van der Waals surface area contributed by atoms with Gasteiger partial charge in [-0.05, 0) is 29.9 Å². The maximum atomic E-state index is 4.21. The molecule has 1 aromatic rings. The second-order valence-electron chi connectivity index (χ2n) is 3.12. The Morgan fingerprint density at radius 2 is 2.43 bits per heavy atom. The van der Waals surface area contributed by atoms with Gasteiger partial charge in [0.25, 0.3) is 0 Å². The zero-order valence-electron chi connectivity index (χ0n) is 8.39. The number of thioether (sulfide) groups is 1. The monoisotopic (exact) mass is 205 g/mol. The Bertz CT molecular complexity index is 292. The summed E-state index contributed by atoms with van der Waals surface area (Å²) in [5.41, 5.74) is 0. The van der Waals surface area contributed by atoms with Crippen LogP contribution in [0.4, 0.5) is 0 Å². The van der Waals surface area contributed by atoms with Gasteiger partial charge in [-0.1, -0.05) is 36.9 Å². The number of rotatable bonds is 5. The summed E-state index contributed by atoms with van der Waals surface area (Å²) in [5.74, 6) is 0.559. The molecule has 0 saturated carbocycles. The van der Waals surface area contributed by atoms with Crippen LogP contribution in [0.3, 0.4) is 0 Å². The van der Waals surface area contributed by atoms with Gasteiger partial charge < -0.3 is 0 Å². The summed E-state index contributed by atoms with van der Waals surface area (Å²) in [6.07, 6.45) is 6.96. The van der Waals surface area contributed by atoms with Gasteiger partial charge in [0.15, 0.2) is 0 Å². The van der Waals surface area contributed by atoms with Gasteiger partial charge in [-0.3, -0.25) is 0 Å². The van der Waals surface area contributed by atoms with Crippen molar-refractivity contribution in [1.82, 2.24) is 4.98 Å². The van der Waals surface area contributed by atoms with E-state index in [1.165, 1.54) is 0 Å². The van der Waals surface area contributed by atoms with Gasteiger partial charge >= 0.3 is 0 Å². The summed E-state index contributed by atoms with van der Waals surface area (Å²) in [5, 5.41) is 3.13. The molecule has 0 radical (unpaired) electrons. The van der Waals surface area contributed by atoms with Gasteiger partial charge in [0, 0.05) is 6.20 Å². The molecule has 1 aromatic heterocycles. The van der Waals surface area contributed by atoms with Gasteiger partial charge in [0.1, 0.15) is 5.03 Å². The first-order valence-electron chi connectivity index (χ1n) is 4.68. The molecule has 0 aliphatic rings. The maximum Gasteiger partial charge on any atom is 0.100 e. The molecule has 0 amide bonds. The highest BCUT2D eigenvalue weighted by Gasteiger charge is 1.92. The number of hydrogen-bond donors (Lipinski definition) is 0. The Morgan fingerprint density at radius 1 is 1.57 bits per heavy atom. The maximum absolute atomic E-state index is 4.21. The van der Waals surface area contributed by atoms with Gasteiger partial charge in [-0.25, -0.2) is 4.98 Å². The average Bonchev–Trinajstić information content (AvgIpc) is 2.20. The van der Waals surface area contributed by atoms with Crippen LogP contribution in [-0.4, -0.2) is 4.98 Å². The molecule has 0 spiro atoms. The van der Waals surface area contributed by atoms with Crippen molar-refractivity contribution in [3.05, 3.63) is 48.5 Å². The third-order valence-electron chi connectivity index (χ3n) is 1.77. The van der Waals surface area contributed by atoms with Gasteiger partial charge in [-0.15, -0.1) is 6.58 Å². The molecular formula is C12H15NS. The molecule has 0 N–H and O–H groups in total. The Balaban J connectivity index is 2.37. The van der Waals surface area contributed by atoms with E-state index < -0.39 is 0 Å². The molecule has 0 aliphatic carbocycles. The second kappa shape index (κ2) is 6.44. The van der Waals surface area contributed by atoms with E-state index in [-0.39, 0.29) is 0 Å². The Kier molecular flexibility index (Phi) is 5.08. The third-order valence-corrected chi connectivity index (χ3v) is 2.55. The summed E-state index contributed by atoms with van der Waals surface area (Å²) in [6, 6.07) is 5.93. The minimum Gasteiger partial charge on any atom is -0.250 e. The lowest BCUT2D eigenvalue weighted by Crippen LogP contribution is -1.84. The van der Waals surface area contributed by atoms with E-state index in [1.54, 1.807) is 11.8 Å². The Labute approximate surface area is 89.9 Å². The molecule has 74 valence electrons. The van der Waals surface area contributed by atoms with Crippen molar-refractivity contribution < 1.29 is 0 Å². The van der Waals surface area contributed by atoms with E-state index in [2.05, 4.69) is 30.0 Å². The lowest BCUT2D eigenvalue weighted by Gasteiger charge is -1.99. The smallest absolute Gasteiger partial charge is 0.100 e. The summed E-state index contributed by atoms with van der Waals surface area (Å²) >= 11 is 1.65. The second-order valence-corrected chi connectivity index (χ2v) is 4.04. The van der Waals surface area contributed by atoms with E-state index in [0.717, 1.165) is 11.4 Å². The molecule has 0 saturated heterocycles. The molecule has 1 unspecified atom stereocenters. The number of hydrogen-bond acceptors (Lipinski definition) is 2. The van der Waals surface area contributed by atoms with Crippen LogP contribution in [0.25, 0.3) is 0 Å². The van der Waals surface area contributed by atoms with Crippen LogP contribution in [0.2, 0.25) is 0 Å². The zero-order chi connectivity index (χ0) is 10.2. The number of aromatic nitrogens is 1. The Morgan fingerprint density at radius 3 is 3.07 bits per heavy atom. The summed E-state index contributed by atoms with van der Waals surface area (Å²) in [6.45, 7) is 5.89. The lowest BCUT2D eigenvalue weighted by atomic mass is 10.1. The molecule has 0 fully saturated rings. The topological polar surface area (TPSA) is 12.9 Å². The fourth-order valence-corrected chi connectivity index (χ4v) is 1.77. The van der Waals surface area contributed by atoms with Crippen LogP contribution in [0.15, 0.2) is 53.6 Å². The van der Waals surface area contributed by atoms with E-state index >= 15 is 0 Å². The van der Waals surface area contributed by atoms with Crippen LogP contribution in [0.5, 0.6) is 0 Å². The first-order valence-corrected chi connectivity index (χ1v) is 5.56. The first-order chi connectivity index (χ1) is 6.83. The predicted molar refractivity (Wildman–Crippen MR) is 63.2 cm³/mol. The summed E-state index contributed by atoms with van der Waals surface area (Å²) in [7, 11) is 0. The SMILES string of the molecule is C=CCC(C)/C=C\Sc1ccccn1. The van der Waals surface area contributed by atoms with Gasteiger partial charge in [0.05, 0.1) is 0 Å². The standard InChI is InChI=1S/C12H15NS/c1-3-6-11(2)8-10-14-12-7-4-5-9-13-12/h3-5,7-11H,1,6H2,2H3/b10-8-. The Hall–Kier alpha value is -1.02. The molecule has 0 aliphatic heterocycles. The van der Waals surface area contributed by atoms with Crippen molar-refractivity contribution in [3.8, 4) is 0 Å². The highest BCUT2D eigenvalue weighted by atomic mass is 32.2. The predicted octanol–water partition coefficient (Wildman–Crippen LogP) is 3.90. The quantitative estimate of drug-likeness (QED) is 0.534. The van der Waals surface area contributed by atoms with Crippen molar-refractivity contribution in [1.29, 1.82) is 0 Å². The van der Waals surface area contributed by atoms with Crippen molar-refractivity contribution in [2.75, 3.05) is 0 Å². The van der Waals surface area contributed by atoms with Crippen LogP contribution in [-0.2, 0) is 0 Å². The molecule has 1 rings (SSSR count). The third kappa shape index (κ3) is 4.28. The minimum absolute atomic E-state index is 0.559. The van der Waals surface area contributed by atoms with Crippen LogP contribution in [0, 0.1) is 5.92 Å². The normalized spacial score (nSPS) is 12.9. The van der Waals surface area contributed by atoms with Crippen molar-refractivity contribution in [2.45, 2.75) is 18.4 Å². The number of allylic oxidation sites excluding steroid dienone is 2. The van der Waals surface area contributed by atoms with E-state index in [9.17, 15) is 0 Å². The van der Waals surface area contributed by atoms with E-state index in [0.29, 0.717) is 5.92 Å². The van der Waals surface area contributed by atoms with E-state index in [1.807, 2.05) is 30.5 Å². The fraction of sp³-hybridized carbons (Fsp3) is 0.250. The molecule has 1 atom stereocenters. The zero-order valence-corrected chi connectivity index (χ0v) is 9.20. The molecular weight excluding hydrogens is 190 g/mol. The molecule has 0 aromatic carbocycles. The van der Waals surface area contributed by atoms with Gasteiger partial charge in [-0.2, -0.15) is 0 Å². The molecule has 1 heterocycles. The molecule has 1 nitrogen and oxygen atoms in total. The highest BCUT2D eigenvalue weighted by molar-refractivity contribution is 8.02.